The molecule has 2 aliphatic heterocycles. The van der Waals surface area contributed by atoms with Crippen LogP contribution in [0.5, 0.6) is 0 Å². The van der Waals surface area contributed by atoms with Crippen molar-refractivity contribution in [2.45, 2.75) is 23.3 Å². The van der Waals surface area contributed by atoms with Crippen molar-refractivity contribution in [3.63, 3.8) is 0 Å². The first-order valence-corrected chi connectivity index (χ1v) is 10.3. The Bertz CT molecular complexity index is 1270. The Labute approximate surface area is 159 Å². The number of hydrogen-bond acceptors (Lipinski definition) is 6. The highest BCUT2D eigenvalue weighted by Crippen LogP contribution is 2.43. The van der Waals surface area contributed by atoms with E-state index in [4.69, 9.17) is 9.15 Å². The van der Waals surface area contributed by atoms with E-state index in [0.717, 1.165) is 5.56 Å². The highest BCUT2D eigenvalue weighted by molar-refractivity contribution is 7.89. The summed E-state index contributed by atoms with van der Waals surface area (Å²) in [6, 6.07) is 11.3. The van der Waals surface area contributed by atoms with E-state index >= 15 is 0 Å². The van der Waals surface area contributed by atoms with Crippen LogP contribution in [0.3, 0.4) is 0 Å². The first-order chi connectivity index (χ1) is 13.4. The summed E-state index contributed by atoms with van der Waals surface area (Å²) in [4.78, 5) is 26.1. The lowest BCUT2D eigenvalue weighted by Gasteiger charge is -2.38. The smallest absolute Gasteiger partial charge is 0.417 e. The quantitative estimate of drug-likeness (QED) is 0.659. The van der Waals surface area contributed by atoms with Crippen molar-refractivity contribution in [1.82, 2.24) is 9.29 Å². The van der Waals surface area contributed by atoms with Gasteiger partial charge in [-0.1, -0.05) is 18.2 Å². The molecule has 0 saturated carbocycles. The average molecular weight is 400 g/mol. The number of rotatable bonds is 2. The maximum Gasteiger partial charge on any atom is 0.417 e. The molecule has 2 aliphatic rings. The van der Waals surface area contributed by atoms with E-state index in [2.05, 4.69) is 4.98 Å². The fourth-order valence-corrected chi connectivity index (χ4v) is 5.63. The summed E-state index contributed by atoms with van der Waals surface area (Å²) in [5.74, 6) is -1.07. The lowest BCUT2D eigenvalue weighted by atomic mass is 9.86. The second-order valence-electron chi connectivity index (χ2n) is 7.04. The number of nitrogens with zero attached hydrogens (tertiary/aromatic N) is 1. The highest BCUT2D eigenvalue weighted by atomic mass is 32.2. The summed E-state index contributed by atoms with van der Waals surface area (Å²) in [6.07, 6.45) is 1.13. The Balaban J connectivity index is 1.54. The molecule has 1 spiro atoms. The minimum absolute atomic E-state index is 0.0479. The van der Waals surface area contributed by atoms with Crippen LogP contribution < -0.4 is 5.76 Å². The summed E-state index contributed by atoms with van der Waals surface area (Å²) >= 11 is 0. The fraction of sp³-hybridized carbons (Fsp3) is 0.263. The molecule has 1 aromatic heterocycles. The number of H-pyrrole nitrogens is 1. The number of hydrogen-bond donors (Lipinski definition) is 1. The molecule has 8 nitrogen and oxygen atoms in total. The Morgan fingerprint density at radius 3 is 2.79 bits per heavy atom. The van der Waals surface area contributed by atoms with Crippen LogP contribution in [0.25, 0.3) is 11.1 Å². The number of nitrogens with one attached hydrogen (secondary N) is 1. The molecule has 0 amide bonds. The number of carbonyl (C=O) groups excluding carboxylic acids is 1. The van der Waals surface area contributed by atoms with E-state index in [0.29, 0.717) is 30.5 Å². The van der Waals surface area contributed by atoms with Gasteiger partial charge in [0.05, 0.1) is 22.5 Å². The number of ether oxygens (including phenoxy) is 1. The van der Waals surface area contributed by atoms with Crippen LogP contribution in [0.15, 0.2) is 56.6 Å². The van der Waals surface area contributed by atoms with Crippen LogP contribution in [-0.4, -0.2) is 36.8 Å². The zero-order chi connectivity index (χ0) is 19.5. The zero-order valence-corrected chi connectivity index (χ0v) is 15.5. The van der Waals surface area contributed by atoms with Crippen molar-refractivity contribution in [2.75, 3.05) is 13.1 Å². The third-order valence-electron chi connectivity index (χ3n) is 5.37. The summed E-state index contributed by atoms with van der Waals surface area (Å²) in [5, 5.41) is 0. The van der Waals surface area contributed by atoms with E-state index in [1.165, 1.54) is 22.5 Å². The van der Waals surface area contributed by atoms with Crippen molar-refractivity contribution >= 4 is 27.1 Å². The number of oxazole rings is 1. The van der Waals surface area contributed by atoms with E-state index < -0.39 is 27.3 Å². The average Bonchev–Trinajstić information content (AvgIpc) is 3.18. The number of esters is 1. The second-order valence-corrected chi connectivity index (χ2v) is 8.98. The van der Waals surface area contributed by atoms with E-state index in [1.54, 1.807) is 12.1 Å². The first kappa shape index (κ1) is 17.2. The van der Waals surface area contributed by atoms with Gasteiger partial charge in [-0.25, -0.2) is 18.0 Å². The topological polar surface area (TPSA) is 110 Å². The molecule has 1 atom stereocenters. The van der Waals surface area contributed by atoms with Gasteiger partial charge in [0.2, 0.25) is 10.0 Å². The Hall–Kier alpha value is -2.91. The number of piperidine rings is 1. The number of sulfonamides is 1. The van der Waals surface area contributed by atoms with Gasteiger partial charge in [-0.3, -0.25) is 4.98 Å². The van der Waals surface area contributed by atoms with E-state index in [9.17, 15) is 18.0 Å². The maximum absolute atomic E-state index is 13.2. The van der Waals surface area contributed by atoms with Gasteiger partial charge in [0.25, 0.3) is 0 Å². The van der Waals surface area contributed by atoms with Crippen LogP contribution >= 0.6 is 0 Å². The lowest BCUT2D eigenvalue weighted by Crippen LogP contribution is -2.48. The molecule has 28 heavy (non-hydrogen) atoms. The Morgan fingerprint density at radius 2 is 1.93 bits per heavy atom. The third kappa shape index (κ3) is 2.43. The fourth-order valence-electron chi connectivity index (χ4n) is 4.08. The lowest BCUT2D eigenvalue weighted by molar-refractivity contribution is -0.0345. The van der Waals surface area contributed by atoms with Crippen LogP contribution in [-0.2, 0) is 20.4 Å². The van der Waals surface area contributed by atoms with Gasteiger partial charge in [-0.15, -0.1) is 0 Å². The Morgan fingerprint density at radius 1 is 1.11 bits per heavy atom. The number of benzene rings is 2. The van der Waals surface area contributed by atoms with Gasteiger partial charge in [0.1, 0.15) is 0 Å². The van der Waals surface area contributed by atoms with E-state index in [-0.39, 0.29) is 17.0 Å². The van der Waals surface area contributed by atoms with Gasteiger partial charge in [0, 0.05) is 12.1 Å². The number of fused-ring (bicyclic) bond motifs is 3. The molecular formula is C19H16N2O6S. The summed E-state index contributed by atoms with van der Waals surface area (Å²) in [5.41, 5.74) is 0.856. The molecular weight excluding hydrogens is 384 g/mol. The summed E-state index contributed by atoms with van der Waals surface area (Å²) < 4.78 is 38.4. The van der Waals surface area contributed by atoms with Gasteiger partial charge in [0.15, 0.2) is 11.2 Å². The molecule has 0 bridgehead atoms. The molecule has 144 valence electrons. The molecule has 3 heterocycles. The predicted octanol–water partition coefficient (Wildman–Crippen LogP) is 1.97. The van der Waals surface area contributed by atoms with E-state index in [1.807, 2.05) is 12.1 Å². The summed E-state index contributed by atoms with van der Waals surface area (Å²) in [7, 11) is -3.85. The normalized spacial score (nSPS) is 22.5. The maximum atomic E-state index is 13.2. The van der Waals surface area contributed by atoms with Crippen molar-refractivity contribution in [3.05, 3.63) is 64.1 Å². The van der Waals surface area contributed by atoms with Gasteiger partial charge >= 0.3 is 11.7 Å². The molecule has 5 rings (SSSR count). The molecule has 0 radical (unpaired) electrons. The van der Waals surface area contributed by atoms with Gasteiger partial charge in [-0.2, -0.15) is 4.31 Å². The third-order valence-corrected chi connectivity index (χ3v) is 7.22. The molecule has 0 aliphatic carbocycles. The monoisotopic (exact) mass is 400 g/mol. The standard InChI is InChI=1S/C19H16N2O6S/c22-17-13-4-1-2-5-14(13)19(27-17)8-3-9-21(11-19)28(24,25)12-6-7-16-15(10-12)20-18(23)26-16/h1-2,4-7,10H,3,8-9,11H2,(H,20,23). The van der Waals surface area contributed by atoms with Crippen LogP contribution in [0.1, 0.15) is 28.8 Å². The minimum atomic E-state index is -3.85. The second kappa shape index (κ2) is 5.79. The highest BCUT2D eigenvalue weighted by Gasteiger charge is 2.50. The largest absolute Gasteiger partial charge is 0.449 e. The van der Waals surface area contributed by atoms with Crippen molar-refractivity contribution in [2.24, 2.45) is 0 Å². The van der Waals surface area contributed by atoms with Crippen molar-refractivity contribution < 1.29 is 22.4 Å². The zero-order valence-electron chi connectivity index (χ0n) is 14.7. The van der Waals surface area contributed by atoms with Crippen molar-refractivity contribution in [3.8, 4) is 0 Å². The van der Waals surface area contributed by atoms with Crippen LogP contribution in [0.2, 0.25) is 0 Å². The molecule has 9 heteroatoms. The summed E-state index contributed by atoms with van der Waals surface area (Å²) in [6.45, 7) is 0.377. The molecule has 1 N–H and O–H groups in total. The molecule has 1 fully saturated rings. The first-order valence-electron chi connectivity index (χ1n) is 8.85. The number of carbonyl (C=O) groups is 1. The predicted molar refractivity (Wildman–Crippen MR) is 98.4 cm³/mol. The molecule has 1 unspecified atom stereocenters. The van der Waals surface area contributed by atoms with Gasteiger partial charge < -0.3 is 9.15 Å². The number of aromatic amines is 1. The van der Waals surface area contributed by atoms with Gasteiger partial charge in [-0.05, 0) is 37.1 Å². The van der Waals surface area contributed by atoms with Crippen LogP contribution in [0, 0.1) is 0 Å². The number of aromatic nitrogens is 1. The molecule has 3 aromatic rings. The minimum Gasteiger partial charge on any atom is -0.449 e. The Kier molecular flexibility index (Phi) is 3.56. The van der Waals surface area contributed by atoms with Crippen molar-refractivity contribution in [1.29, 1.82) is 0 Å². The SMILES string of the molecule is O=C1OC2(CCCN(S(=O)(=O)c3ccc4oc(=O)[nH]c4c3)C2)c2ccccc21. The molecule has 2 aromatic carbocycles. The van der Waals surface area contributed by atoms with Crippen LogP contribution in [0.4, 0.5) is 0 Å². The molecule has 1 saturated heterocycles.